The molecule has 0 aliphatic heterocycles. The molecule has 102 valence electrons. The fourth-order valence-electron chi connectivity index (χ4n) is 1.34. The lowest BCUT2D eigenvalue weighted by Crippen LogP contribution is -2.22. The molecule has 0 saturated carbocycles. The summed E-state index contributed by atoms with van der Waals surface area (Å²) < 4.78 is 4.83. The van der Waals surface area contributed by atoms with Crippen LogP contribution in [0.4, 0.5) is 5.69 Å². The van der Waals surface area contributed by atoms with Crippen molar-refractivity contribution in [1.82, 2.24) is 5.43 Å². The Kier molecular flexibility index (Phi) is 5.25. The summed E-state index contributed by atoms with van der Waals surface area (Å²) in [5, 5.41) is 14.7. The Morgan fingerprint density at radius 2 is 2.26 bits per heavy atom. The fraction of sp³-hybridized carbons (Fsp3) is 0.273. The first-order valence-electron chi connectivity index (χ1n) is 5.37. The van der Waals surface area contributed by atoms with Crippen molar-refractivity contribution < 1.29 is 14.5 Å². The summed E-state index contributed by atoms with van der Waals surface area (Å²) >= 11 is 5.94. The Labute approximate surface area is 114 Å². The Bertz CT molecular complexity index is 531. The lowest BCUT2D eigenvalue weighted by Gasteiger charge is -2.07. The zero-order valence-corrected chi connectivity index (χ0v) is 11.1. The Hall–Kier alpha value is -2.15. The number of rotatable bonds is 5. The van der Waals surface area contributed by atoms with Crippen molar-refractivity contribution in [3.63, 3.8) is 0 Å². The van der Waals surface area contributed by atoms with E-state index in [0.717, 1.165) is 0 Å². The lowest BCUT2D eigenvalue weighted by atomic mass is 10.1. The maximum atomic E-state index is 11.7. The molecule has 0 spiro atoms. The van der Waals surface area contributed by atoms with Crippen LogP contribution in [0, 0.1) is 10.1 Å². The van der Waals surface area contributed by atoms with E-state index in [-0.39, 0.29) is 28.6 Å². The number of hydrogen-bond donors (Lipinski definition) is 1. The number of nitro benzene ring substituents is 1. The molecule has 0 amide bonds. The number of carbonyl (C=O) groups is 1. The highest BCUT2D eigenvalue weighted by molar-refractivity contribution is 6.47. The molecule has 0 unspecified atom stereocenters. The summed E-state index contributed by atoms with van der Waals surface area (Å²) in [6.07, 6.45) is 0. The normalized spacial score (nSPS) is 11.0. The number of esters is 1. The van der Waals surface area contributed by atoms with Gasteiger partial charge in [-0.1, -0.05) is 11.6 Å². The summed E-state index contributed by atoms with van der Waals surface area (Å²) in [7, 11) is 1.49. The van der Waals surface area contributed by atoms with Crippen LogP contribution in [0.1, 0.15) is 12.5 Å². The molecule has 0 bridgehead atoms. The topological polar surface area (TPSA) is 93.8 Å². The SMILES string of the molecule is CCOC(=O)/C(=N\NC)c1cc([N+](=O)[O-])ccc1Cl. The molecule has 7 nitrogen and oxygen atoms in total. The number of non-ortho nitro benzene ring substituents is 1. The van der Waals surface area contributed by atoms with E-state index < -0.39 is 10.9 Å². The molecule has 1 N–H and O–H groups in total. The first kappa shape index (κ1) is 14.9. The van der Waals surface area contributed by atoms with Gasteiger partial charge in [-0.25, -0.2) is 4.79 Å². The molecule has 0 aliphatic rings. The fourth-order valence-corrected chi connectivity index (χ4v) is 1.54. The number of nitrogens with zero attached hydrogens (tertiary/aromatic N) is 2. The van der Waals surface area contributed by atoms with Gasteiger partial charge in [0.15, 0.2) is 5.71 Å². The third-order valence-corrected chi connectivity index (χ3v) is 2.44. The second kappa shape index (κ2) is 6.69. The Morgan fingerprint density at radius 1 is 1.58 bits per heavy atom. The molecule has 0 radical (unpaired) electrons. The highest BCUT2D eigenvalue weighted by atomic mass is 35.5. The van der Waals surface area contributed by atoms with Crippen molar-refractivity contribution in [2.75, 3.05) is 13.7 Å². The van der Waals surface area contributed by atoms with E-state index in [0.29, 0.717) is 0 Å². The van der Waals surface area contributed by atoms with E-state index in [1.54, 1.807) is 6.92 Å². The van der Waals surface area contributed by atoms with Gasteiger partial charge < -0.3 is 10.2 Å². The largest absolute Gasteiger partial charge is 0.461 e. The lowest BCUT2D eigenvalue weighted by molar-refractivity contribution is -0.384. The van der Waals surface area contributed by atoms with Crippen LogP contribution in [0.5, 0.6) is 0 Å². The quantitative estimate of drug-likeness (QED) is 0.385. The smallest absolute Gasteiger partial charge is 0.359 e. The Balaban J connectivity index is 3.30. The van der Waals surface area contributed by atoms with Crippen molar-refractivity contribution in [2.45, 2.75) is 6.92 Å². The molecule has 0 heterocycles. The van der Waals surface area contributed by atoms with E-state index in [1.807, 2.05) is 0 Å². The van der Waals surface area contributed by atoms with Crippen LogP contribution in [-0.2, 0) is 9.53 Å². The molecule has 0 atom stereocenters. The molecule has 0 aromatic heterocycles. The summed E-state index contributed by atoms with van der Waals surface area (Å²) in [6.45, 7) is 1.80. The first-order valence-corrected chi connectivity index (χ1v) is 5.74. The third kappa shape index (κ3) is 3.65. The predicted molar refractivity (Wildman–Crippen MR) is 70.3 cm³/mol. The van der Waals surface area contributed by atoms with Gasteiger partial charge in [0.05, 0.1) is 16.6 Å². The molecule has 0 aliphatic carbocycles. The van der Waals surface area contributed by atoms with Crippen LogP contribution in [0.25, 0.3) is 0 Å². The highest BCUT2D eigenvalue weighted by Crippen LogP contribution is 2.23. The van der Waals surface area contributed by atoms with Crippen LogP contribution >= 0.6 is 11.6 Å². The number of nitro groups is 1. The maximum absolute atomic E-state index is 11.7. The van der Waals surface area contributed by atoms with Gasteiger partial charge in [-0.15, -0.1) is 0 Å². The number of hydrogen-bond acceptors (Lipinski definition) is 6. The van der Waals surface area contributed by atoms with Gasteiger partial charge in [0, 0.05) is 24.7 Å². The van der Waals surface area contributed by atoms with Crippen LogP contribution in [0.3, 0.4) is 0 Å². The molecule has 8 heteroatoms. The number of hydrazone groups is 1. The summed E-state index contributed by atoms with van der Waals surface area (Å²) in [5.74, 6) is -0.709. The number of carbonyl (C=O) groups excluding carboxylic acids is 1. The van der Waals surface area contributed by atoms with E-state index in [1.165, 1.54) is 25.2 Å². The number of ether oxygens (including phenoxy) is 1. The van der Waals surface area contributed by atoms with Crippen molar-refractivity contribution in [3.8, 4) is 0 Å². The zero-order chi connectivity index (χ0) is 14.4. The molecule has 0 fully saturated rings. The third-order valence-electron chi connectivity index (χ3n) is 2.11. The van der Waals surface area contributed by atoms with Gasteiger partial charge in [0.1, 0.15) is 0 Å². The Morgan fingerprint density at radius 3 is 2.79 bits per heavy atom. The minimum atomic E-state index is -0.709. The molecule has 0 saturated heterocycles. The van der Waals surface area contributed by atoms with Crippen molar-refractivity contribution in [3.05, 3.63) is 38.9 Å². The van der Waals surface area contributed by atoms with Crippen LogP contribution in [0.2, 0.25) is 5.02 Å². The zero-order valence-electron chi connectivity index (χ0n) is 10.3. The predicted octanol–water partition coefficient (Wildman–Crippen LogP) is 1.73. The van der Waals surface area contributed by atoms with Crippen LogP contribution in [0.15, 0.2) is 23.3 Å². The number of benzene rings is 1. The van der Waals surface area contributed by atoms with Gasteiger partial charge in [-0.05, 0) is 13.0 Å². The molecular weight excluding hydrogens is 274 g/mol. The van der Waals surface area contributed by atoms with E-state index in [9.17, 15) is 14.9 Å². The molecule has 1 rings (SSSR count). The second-order valence-electron chi connectivity index (χ2n) is 3.33. The van der Waals surface area contributed by atoms with Crippen LogP contribution in [-0.4, -0.2) is 30.3 Å². The molecule has 19 heavy (non-hydrogen) atoms. The number of halogens is 1. The van der Waals surface area contributed by atoms with Gasteiger partial charge >= 0.3 is 5.97 Å². The average Bonchev–Trinajstić information content (AvgIpc) is 2.37. The monoisotopic (exact) mass is 285 g/mol. The van der Waals surface area contributed by atoms with Crippen molar-refractivity contribution >= 4 is 29.0 Å². The molecule has 1 aromatic carbocycles. The minimum absolute atomic E-state index is 0.113. The summed E-state index contributed by atoms with van der Waals surface area (Å²) in [5.41, 5.74) is 2.28. The minimum Gasteiger partial charge on any atom is -0.461 e. The van der Waals surface area contributed by atoms with Gasteiger partial charge in [0.25, 0.3) is 5.69 Å². The van der Waals surface area contributed by atoms with E-state index in [2.05, 4.69) is 10.5 Å². The summed E-state index contributed by atoms with van der Waals surface area (Å²) in [6, 6.07) is 3.75. The van der Waals surface area contributed by atoms with E-state index >= 15 is 0 Å². The molecular formula is C11H12ClN3O4. The van der Waals surface area contributed by atoms with Crippen LogP contribution < -0.4 is 5.43 Å². The highest BCUT2D eigenvalue weighted by Gasteiger charge is 2.21. The first-order chi connectivity index (χ1) is 9.01. The molecule has 1 aromatic rings. The van der Waals surface area contributed by atoms with Gasteiger partial charge in [-0.2, -0.15) is 5.10 Å². The van der Waals surface area contributed by atoms with Crippen molar-refractivity contribution in [2.24, 2.45) is 5.10 Å². The average molecular weight is 286 g/mol. The maximum Gasteiger partial charge on any atom is 0.359 e. The van der Waals surface area contributed by atoms with Crippen molar-refractivity contribution in [1.29, 1.82) is 0 Å². The second-order valence-corrected chi connectivity index (χ2v) is 3.73. The number of nitrogens with one attached hydrogen (secondary N) is 1. The van der Waals surface area contributed by atoms with Gasteiger partial charge in [0.2, 0.25) is 0 Å². The van der Waals surface area contributed by atoms with Gasteiger partial charge in [-0.3, -0.25) is 10.1 Å². The standard InChI is InChI=1S/C11H12ClN3O4/c1-3-19-11(16)10(14-13-2)8-6-7(15(17)18)4-5-9(8)12/h4-6,13H,3H2,1-2H3/b14-10-. The van der Waals surface area contributed by atoms with E-state index in [4.69, 9.17) is 16.3 Å². The summed E-state index contributed by atoms with van der Waals surface area (Å²) in [4.78, 5) is 21.9.